The number of aromatic amines is 1. The lowest BCUT2D eigenvalue weighted by Crippen LogP contribution is -2.49. The molecule has 0 bridgehead atoms. The number of H-pyrrole nitrogens is 1. The molecule has 0 spiro atoms. The average molecular weight is 351 g/mol. The zero-order valence-corrected chi connectivity index (χ0v) is 14.8. The Morgan fingerprint density at radius 1 is 1.27 bits per heavy atom. The minimum atomic E-state index is -0.276. The maximum absolute atomic E-state index is 12.1. The van der Waals surface area contributed by atoms with Gasteiger partial charge in [0.1, 0.15) is 0 Å². The van der Waals surface area contributed by atoms with E-state index in [2.05, 4.69) is 32.5 Å². The third kappa shape index (κ3) is 3.39. The van der Waals surface area contributed by atoms with Crippen LogP contribution in [0.25, 0.3) is 22.2 Å². The number of carbonyl (C=O) groups excluding carboxylic acids is 1. The molecule has 7 nitrogen and oxygen atoms in total. The molecule has 0 saturated carbocycles. The Bertz CT molecular complexity index is 961. The van der Waals surface area contributed by atoms with Crippen molar-refractivity contribution in [1.82, 2.24) is 20.3 Å². The molecule has 1 saturated heterocycles. The molecule has 4 rings (SSSR count). The molecule has 134 valence electrons. The monoisotopic (exact) mass is 351 g/mol. The van der Waals surface area contributed by atoms with Crippen LogP contribution >= 0.6 is 0 Å². The lowest BCUT2D eigenvalue weighted by molar-refractivity contribution is -0.0974. The quantitative estimate of drug-likeness (QED) is 0.673. The lowest BCUT2D eigenvalue weighted by Gasteiger charge is -2.37. The van der Waals surface area contributed by atoms with Crippen molar-refractivity contribution in [3.8, 4) is 11.1 Å². The highest BCUT2D eigenvalue weighted by Gasteiger charge is 2.33. The van der Waals surface area contributed by atoms with Crippen LogP contribution in [0.4, 0.5) is 10.7 Å². The highest BCUT2D eigenvalue weighted by atomic mass is 16.5. The van der Waals surface area contributed by atoms with Crippen molar-refractivity contribution in [2.24, 2.45) is 5.41 Å². The Kier molecular flexibility index (Phi) is 4.08. The van der Waals surface area contributed by atoms with E-state index in [-0.39, 0.29) is 11.4 Å². The summed E-state index contributed by atoms with van der Waals surface area (Å²) < 4.78 is 5.19. The molecule has 2 aromatic heterocycles. The van der Waals surface area contributed by atoms with E-state index in [9.17, 15) is 4.79 Å². The predicted molar refractivity (Wildman–Crippen MR) is 100 cm³/mol. The molecule has 7 heteroatoms. The fourth-order valence-corrected chi connectivity index (χ4v) is 2.97. The highest BCUT2D eigenvalue weighted by Crippen LogP contribution is 2.26. The van der Waals surface area contributed by atoms with Gasteiger partial charge in [-0.3, -0.25) is 10.3 Å². The van der Waals surface area contributed by atoms with Gasteiger partial charge in [0.15, 0.2) is 0 Å². The Balaban J connectivity index is 1.48. The summed E-state index contributed by atoms with van der Waals surface area (Å²) in [5, 5.41) is 5.62. The number of hydrogen-bond acceptors (Lipinski definition) is 4. The number of nitrogens with zero attached hydrogens (tertiary/aromatic N) is 2. The first-order valence-corrected chi connectivity index (χ1v) is 8.56. The van der Waals surface area contributed by atoms with Crippen LogP contribution in [0.5, 0.6) is 0 Å². The zero-order valence-electron chi connectivity index (χ0n) is 14.8. The number of imidazole rings is 1. The summed E-state index contributed by atoms with van der Waals surface area (Å²) in [6.45, 7) is 5.98. The number of amides is 2. The second-order valence-electron chi connectivity index (χ2n) is 7.11. The van der Waals surface area contributed by atoms with Gasteiger partial charge in [-0.1, -0.05) is 13.0 Å². The number of aromatic nitrogens is 3. The lowest BCUT2D eigenvalue weighted by atomic mass is 9.89. The van der Waals surface area contributed by atoms with Crippen LogP contribution in [0.2, 0.25) is 0 Å². The molecule has 26 heavy (non-hydrogen) atoms. The predicted octanol–water partition coefficient (Wildman–Crippen LogP) is 3.09. The van der Waals surface area contributed by atoms with E-state index in [1.807, 2.05) is 37.3 Å². The molecule has 1 fully saturated rings. The van der Waals surface area contributed by atoms with Gasteiger partial charge in [0.25, 0.3) is 0 Å². The number of aryl methyl sites for hydroxylation is 1. The van der Waals surface area contributed by atoms with Gasteiger partial charge in [0.2, 0.25) is 5.95 Å². The summed E-state index contributed by atoms with van der Waals surface area (Å²) in [4.78, 5) is 23.9. The molecule has 3 N–H and O–H groups in total. The molecule has 1 aliphatic rings. The number of urea groups is 1. The molecule has 0 aliphatic carbocycles. The van der Waals surface area contributed by atoms with Crippen LogP contribution in [0.3, 0.4) is 0 Å². The van der Waals surface area contributed by atoms with Crippen LogP contribution in [0.1, 0.15) is 12.6 Å². The Hall–Kier alpha value is -2.93. The van der Waals surface area contributed by atoms with E-state index in [1.54, 1.807) is 6.20 Å². The third-order valence-electron chi connectivity index (χ3n) is 4.52. The van der Waals surface area contributed by atoms with Crippen molar-refractivity contribution in [3.63, 3.8) is 0 Å². The van der Waals surface area contributed by atoms with Gasteiger partial charge in [0, 0.05) is 23.9 Å². The van der Waals surface area contributed by atoms with Crippen molar-refractivity contribution in [3.05, 3.63) is 42.2 Å². The summed E-state index contributed by atoms with van der Waals surface area (Å²) in [6, 6.07) is 9.71. The largest absolute Gasteiger partial charge is 0.380 e. The number of benzene rings is 1. The molecule has 0 radical (unpaired) electrons. The normalized spacial score (nSPS) is 15.5. The summed E-state index contributed by atoms with van der Waals surface area (Å²) in [7, 11) is 0. The highest BCUT2D eigenvalue weighted by molar-refractivity contribution is 5.90. The molecule has 1 aromatic carbocycles. The fourth-order valence-electron chi connectivity index (χ4n) is 2.97. The van der Waals surface area contributed by atoms with Crippen molar-refractivity contribution in [1.29, 1.82) is 0 Å². The molecule has 3 heterocycles. The standard InChI is InChI=1S/C19H21N5O2/c1-12-7-14(5-6-20-12)13-3-4-15-16(8-13)23-17(22-15)24-18(25)21-9-19(2)10-26-11-19/h3-8H,9-11H2,1-2H3,(H3,21,22,23,24,25). The van der Waals surface area contributed by atoms with Crippen molar-refractivity contribution in [2.45, 2.75) is 13.8 Å². The topological polar surface area (TPSA) is 91.9 Å². The summed E-state index contributed by atoms with van der Waals surface area (Å²) in [5.41, 5.74) is 4.83. The molecule has 1 aliphatic heterocycles. The maximum atomic E-state index is 12.1. The van der Waals surface area contributed by atoms with E-state index in [1.165, 1.54) is 0 Å². The Labute approximate surface area is 151 Å². The Morgan fingerprint density at radius 2 is 2.08 bits per heavy atom. The van der Waals surface area contributed by atoms with Crippen LogP contribution in [-0.2, 0) is 4.74 Å². The van der Waals surface area contributed by atoms with Gasteiger partial charge in [-0.05, 0) is 42.3 Å². The van der Waals surface area contributed by atoms with Gasteiger partial charge < -0.3 is 15.0 Å². The first-order chi connectivity index (χ1) is 12.5. The third-order valence-corrected chi connectivity index (χ3v) is 4.52. The number of anilines is 1. The molecule has 3 aromatic rings. The number of pyridine rings is 1. The number of nitrogens with one attached hydrogen (secondary N) is 3. The van der Waals surface area contributed by atoms with Crippen molar-refractivity contribution < 1.29 is 9.53 Å². The number of hydrogen-bond donors (Lipinski definition) is 3. The second kappa shape index (κ2) is 6.42. The maximum Gasteiger partial charge on any atom is 0.321 e. The van der Waals surface area contributed by atoms with E-state index in [0.717, 1.165) is 27.9 Å². The first-order valence-electron chi connectivity index (χ1n) is 8.56. The van der Waals surface area contributed by atoms with Gasteiger partial charge >= 0.3 is 6.03 Å². The smallest absolute Gasteiger partial charge is 0.321 e. The summed E-state index contributed by atoms with van der Waals surface area (Å²) in [6.07, 6.45) is 1.80. The first kappa shape index (κ1) is 16.5. The fraction of sp³-hybridized carbons (Fsp3) is 0.316. The van der Waals surface area contributed by atoms with Gasteiger partial charge in [-0.25, -0.2) is 9.78 Å². The molecular formula is C19H21N5O2. The van der Waals surface area contributed by atoms with Crippen molar-refractivity contribution in [2.75, 3.05) is 25.1 Å². The minimum Gasteiger partial charge on any atom is -0.380 e. The number of carbonyl (C=O) groups is 1. The summed E-state index contributed by atoms with van der Waals surface area (Å²) >= 11 is 0. The zero-order chi connectivity index (χ0) is 18.1. The molecule has 0 unspecified atom stereocenters. The van der Waals surface area contributed by atoms with Gasteiger partial charge in [0.05, 0.1) is 24.2 Å². The van der Waals surface area contributed by atoms with E-state index < -0.39 is 0 Å². The molecular weight excluding hydrogens is 330 g/mol. The summed E-state index contributed by atoms with van der Waals surface area (Å²) in [5.74, 6) is 0.426. The van der Waals surface area contributed by atoms with Crippen LogP contribution < -0.4 is 10.6 Å². The average Bonchev–Trinajstić information content (AvgIpc) is 2.99. The molecule has 0 atom stereocenters. The number of fused-ring (bicyclic) bond motifs is 1. The van der Waals surface area contributed by atoms with Crippen molar-refractivity contribution >= 4 is 23.0 Å². The SMILES string of the molecule is Cc1cc(-c2ccc3nc(NC(=O)NCC4(C)COC4)[nH]c3c2)ccn1. The van der Waals surface area contributed by atoms with E-state index in [0.29, 0.717) is 25.7 Å². The second-order valence-corrected chi connectivity index (χ2v) is 7.11. The number of rotatable bonds is 4. The van der Waals surface area contributed by atoms with E-state index in [4.69, 9.17) is 4.74 Å². The van der Waals surface area contributed by atoms with Gasteiger partial charge in [-0.2, -0.15) is 0 Å². The van der Waals surface area contributed by atoms with Crippen LogP contribution in [0.15, 0.2) is 36.5 Å². The Morgan fingerprint density at radius 3 is 2.81 bits per heavy atom. The number of ether oxygens (including phenoxy) is 1. The van der Waals surface area contributed by atoms with Crippen LogP contribution in [0, 0.1) is 12.3 Å². The minimum absolute atomic E-state index is 0.0305. The molecule has 2 amide bonds. The van der Waals surface area contributed by atoms with Crippen LogP contribution in [-0.4, -0.2) is 40.7 Å². The van der Waals surface area contributed by atoms with Gasteiger partial charge in [-0.15, -0.1) is 0 Å². The van der Waals surface area contributed by atoms with E-state index >= 15 is 0 Å².